The van der Waals surface area contributed by atoms with Crippen LogP contribution in [-0.2, 0) is 0 Å². The summed E-state index contributed by atoms with van der Waals surface area (Å²) in [5.74, 6) is 0.0851. The molecule has 0 saturated heterocycles. The van der Waals surface area contributed by atoms with Crippen LogP contribution >= 0.6 is 0 Å². The van der Waals surface area contributed by atoms with E-state index in [1.807, 2.05) is 36.4 Å². The summed E-state index contributed by atoms with van der Waals surface area (Å²) in [5, 5.41) is 24.4. The number of aromatic amines is 1. The smallest absolute Gasteiger partial charge is 0.270 e. The minimum absolute atomic E-state index is 0.0108. The number of nitrogens with one attached hydrogen (secondary N) is 2. The lowest BCUT2D eigenvalue weighted by Gasteiger charge is -2.07. The molecule has 0 bridgehead atoms. The number of aromatic nitrogens is 2. The van der Waals surface area contributed by atoms with Crippen LogP contribution in [0.5, 0.6) is 0 Å². The number of nitriles is 1. The van der Waals surface area contributed by atoms with Gasteiger partial charge < -0.3 is 0 Å². The first kappa shape index (κ1) is 21.1. The second-order valence-corrected chi connectivity index (χ2v) is 6.88. The number of non-ortho nitro benzene ring substituents is 1. The van der Waals surface area contributed by atoms with Crippen LogP contribution in [0.15, 0.2) is 88.8 Å². The Morgan fingerprint density at radius 2 is 1.70 bits per heavy atom. The topological polar surface area (TPSA) is 137 Å². The summed E-state index contributed by atoms with van der Waals surface area (Å²) in [6, 6.07) is 24.5. The molecule has 0 saturated carbocycles. The molecule has 0 aliphatic heterocycles. The molecule has 0 aliphatic rings. The van der Waals surface area contributed by atoms with Gasteiger partial charge in [0, 0.05) is 23.3 Å². The molecule has 160 valence electrons. The van der Waals surface area contributed by atoms with Crippen molar-refractivity contribution >= 4 is 17.9 Å². The van der Waals surface area contributed by atoms with Gasteiger partial charge in [-0.1, -0.05) is 54.6 Å². The second kappa shape index (κ2) is 9.36. The van der Waals surface area contributed by atoms with Gasteiger partial charge in [0.25, 0.3) is 11.2 Å². The molecule has 0 atom stereocenters. The first-order valence-corrected chi connectivity index (χ1v) is 9.79. The fourth-order valence-corrected chi connectivity index (χ4v) is 3.23. The van der Waals surface area contributed by atoms with Gasteiger partial charge in [-0.3, -0.25) is 19.9 Å². The molecule has 3 aromatic carbocycles. The number of nitro groups is 1. The van der Waals surface area contributed by atoms with Crippen molar-refractivity contribution in [1.29, 1.82) is 5.26 Å². The van der Waals surface area contributed by atoms with E-state index in [9.17, 15) is 20.2 Å². The average Bonchev–Trinajstić information content (AvgIpc) is 2.84. The molecule has 33 heavy (non-hydrogen) atoms. The van der Waals surface area contributed by atoms with Crippen LogP contribution < -0.4 is 11.0 Å². The Balaban J connectivity index is 1.62. The third kappa shape index (κ3) is 4.65. The quantitative estimate of drug-likeness (QED) is 0.262. The van der Waals surface area contributed by atoms with Gasteiger partial charge in [0.1, 0.15) is 11.6 Å². The van der Waals surface area contributed by atoms with E-state index in [1.165, 1.54) is 12.1 Å². The van der Waals surface area contributed by atoms with Crippen molar-refractivity contribution in [3.05, 3.63) is 110 Å². The predicted molar refractivity (Wildman–Crippen MR) is 125 cm³/mol. The number of rotatable bonds is 6. The van der Waals surface area contributed by atoms with E-state index in [0.29, 0.717) is 5.56 Å². The molecule has 0 amide bonds. The molecule has 9 heteroatoms. The van der Waals surface area contributed by atoms with Crippen LogP contribution in [0.1, 0.15) is 11.1 Å². The van der Waals surface area contributed by atoms with E-state index in [2.05, 4.69) is 20.5 Å². The maximum atomic E-state index is 12.4. The van der Waals surface area contributed by atoms with Crippen LogP contribution in [0.3, 0.4) is 0 Å². The minimum atomic E-state index is -0.574. The zero-order chi connectivity index (χ0) is 23.2. The van der Waals surface area contributed by atoms with Crippen molar-refractivity contribution in [3.63, 3.8) is 0 Å². The third-order valence-electron chi connectivity index (χ3n) is 4.80. The van der Waals surface area contributed by atoms with Crippen molar-refractivity contribution in [3.8, 4) is 28.5 Å². The Hall–Kier alpha value is -5.10. The first-order valence-electron chi connectivity index (χ1n) is 9.79. The summed E-state index contributed by atoms with van der Waals surface area (Å²) in [6.07, 6.45) is 1.55. The Morgan fingerprint density at radius 3 is 2.39 bits per heavy atom. The highest BCUT2D eigenvalue weighted by atomic mass is 16.6. The van der Waals surface area contributed by atoms with Crippen molar-refractivity contribution in [2.75, 3.05) is 5.43 Å². The number of hydrogen-bond donors (Lipinski definition) is 2. The summed E-state index contributed by atoms with van der Waals surface area (Å²) < 4.78 is 0. The lowest BCUT2D eigenvalue weighted by molar-refractivity contribution is -0.384. The maximum Gasteiger partial charge on any atom is 0.270 e. The summed E-state index contributed by atoms with van der Waals surface area (Å²) in [6.45, 7) is 0. The van der Waals surface area contributed by atoms with E-state index < -0.39 is 10.5 Å². The molecule has 4 rings (SSSR count). The zero-order valence-electron chi connectivity index (χ0n) is 17.1. The Labute approximate surface area is 187 Å². The van der Waals surface area contributed by atoms with E-state index in [-0.39, 0.29) is 22.9 Å². The van der Waals surface area contributed by atoms with Crippen molar-refractivity contribution in [2.24, 2.45) is 5.10 Å². The van der Waals surface area contributed by atoms with Gasteiger partial charge in [0.2, 0.25) is 5.95 Å². The summed E-state index contributed by atoms with van der Waals surface area (Å²) in [7, 11) is 0. The fraction of sp³-hybridized carbons (Fsp3) is 0. The van der Waals surface area contributed by atoms with E-state index in [4.69, 9.17) is 0 Å². The number of hydrazone groups is 1. The van der Waals surface area contributed by atoms with Gasteiger partial charge in [0.05, 0.1) is 16.8 Å². The summed E-state index contributed by atoms with van der Waals surface area (Å²) >= 11 is 0. The molecule has 0 fully saturated rings. The lowest BCUT2D eigenvalue weighted by Crippen LogP contribution is -2.16. The summed E-state index contributed by atoms with van der Waals surface area (Å²) in [4.78, 5) is 29.7. The van der Waals surface area contributed by atoms with E-state index >= 15 is 0 Å². The van der Waals surface area contributed by atoms with Crippen LogP contribution in [0.4, 0.5) is 11.6 Å². The molecule has 4 aromatic rings. The summed E-state index contributed by atoms with van der Waals surface area (Å²) in [5.41, 5.74) is 5.31. The number of nitrogens with zero attached hydrogens (tertiary/aromatic N) is 4. The minimum Gasteiger partial charge on any atom is -0.290 e. The van der Waals surface area contributed by atoms with E-state index in [0.717, 1.165) is 16.7 Å². The van der Waals surface area contributed by atoms with Crippen LogP contribution in [-0.4, -0.2) is 21.1 Å². The number of nitro benzene ring substituents is 1. The Bertz CT molecular complexity index is 1440. The monoisotopic (exact) mass is 436 g/mol. The van der Waals surface area contributed by atoms with E-state index in [1.54, 1.807) is 42.6 Å². The maximum absolute atomic E-state index is 12.4. The molecular weight excluding hydrogens is 420 g/mol. The Kier molecular flexibility index (Phi) is 6.00. The number of benzene rings is 3. The predicted octanol–water partition coefficient (Wildman–Crippen LogP) is 4.33. The highest BCUT2D eigenvalue weighted by Gasteiger charge is 2.13. The molecule has 1 heterocycles. The van der Waals surface area contributed by atoms with Crippen LogP contribution in [0.25, 0.3) is 22.4 Å². The van der Waals surface area contributed by atoms with Crippen LogP contribution in [0.2, 0.25) is 0 Å². The van der Waals surface area contributed by atoms with Crippen LogP contribution in [0, 0.1) is 21.4 Å². The van der Waals surface area contributed by atoms with Gasteiger partial charge in [-0.2, -0.15) is 10.4 Å². The van der Waals surface area contributed by atoms with Crippen molar-refractivity contribution in [2.45, 2.75) is 0 Å². The highest BCUT2D eigenvalue weighted by molar-refractivity contribution is 5.90. The SMILES string of the molecule is N#Cc1c(-c2ccccc2)nc(NN=Cc2ccccc2-c2ccc([N+](=O)[O-])cc2)[nH]c1=O. The van der Waals surface area contributed by atoms with Crippen molar-refractivity contribution in [1.82, 2.24) is 9.97 Å². The normalized spacial score (nSPS) is 10.6. The lowest BCUT2D eigenvalue weighted by atomic mass is 10.0. The molecule has 0 unspecified atom stereocenters. The number of H-pyrrole nitrogens is 1. The molecular formula is C24H16N6O3. The molecule has 1 aromatic heterocycles. The van der Waals surface area contributed by atoms with Gasteiger partial charge >= 0.3 is 0 Å². The third-order valence-corrected chi connectivity index (χ3v) is 4.80. The van der Waals surface area contributed by atoms with Gasteiger partial charge in [-0.05, 0) is 23.3 Å². The highest BCUT2D eigenvalue weighted by Crippen LogP contribution is 2.25. The molecule has 0 radical (unpaired) electrons. The first-order chi connectivity index (χ1) is 16.1. The molecule has 9 nitrogen and oxygen atoms in total. The van der Waals surface area contributed by atoms with Crippen molar-refractivity contribution < 1.29 is 4.92 Å². The number of anilines is 1. The molecule has 0 spiro atoms. The largest absolute Gasteiger partial charge is 0.290 e. The zero-order valence-corrected chi connectivity index (χ0v) is 17.1. The van der Waals surface area contributed by atoms with Gasteiger partial charge in [-0.25, -0.2) is 10.4 Å². The fourth-order valence-electron chi connectivity index (χ4n) is 3.23. The molecule has 0 aliphatic carbocycles. The number of hydrogen-bond acceptors (Lipinski definition) is 7. The van der Waals surface area contributed by atoms with Gasteiger partial charge in [-0.15, -0.1) is 0 Å². The Morgan fingerprint density at radius 1 is 1.00 bits per heavy atom. The second-order valence-electron chi connectivity index (χ2n) is 6.88. The average molecular weight is 436 g/mol. The standard InChI is InChI=1S/C24H16N6O3/c25-14-21-22(17-6-2-1-3-7-17)27-24(28-23(21)31)29-26-15-18-8-4-5-9-20(18)16-10-12-19(13-11-16)30(32)33/h1-13,15H,(H2,27,28,29,31). The van der Waals surface area contributed by atoms with Gasteiger partial charge in [0.15, 0.2) is 0 Å². The molecule has 2 N–H and O–H groups in total.